The Labute approximate surface area is 152 Å². The van der Waals surface area contributed by atoms with E-state index in [9.17, 15) is 5.11 Å². The maximum atomic E-state index is 10.6. The molecule has 5 heteroatoms. The summed E-state index contributed by atoms with van der Waals surface area (Å²) >= 11 is 6.38. The van der Waals surface area contributed by atoms with Gasteiger partial charge in [0.25, 0.3) is 0 Å². The second-order valence-electron chi connectivity index (χ2n) is 6.36. The number of hydrogen-bond acceptors (Lipinski definition) is 4. The van der Waals surface area contributed by atoms with Crippen molar-refractivity contribution in [1.82, 2.24) is 9.88 Å². The van der Waals surface area contributed by atoms with Gasteiger partial charge >= 0.3 is 0 Å². The minimum Gasteiger partial charge on any atom is -0.505 e. The van der Waals surface area contributed by atoms with Gasteiger partial charge < -0.3 is 10.0 Å². The molecule has 0 atom stereocenters. The minimum absolute atomic E-state index is 0.241. The summed E-state index contributed by atoms with van der Waals surface area (Å²) in [6.07, 6.45) is 1.68. The fourth-order valence-electron chi connectivity index (χ4n) is 3.40. The highest BCUT2D eigenvalue weighted by molar-refractivity contribution is 6.35. The fourth-order valence-corrected chi connectivity index (χ4v) is 3.69. The number of anilines is 1. The summed E-state index contributed by atoms with van der Waals surface area (Å²) in [6, 6.07) is 16.1. The number of fused-ring (bicyclic) bond motifs is 1. The van der Waals surface area contributed by atoms with Crippen LogP contribution < -0.4 is 4.90 Å². The van der Waals surface area contributed by atoms with Crippen molar-refractivity contribution < 1.29 is 5.11 Å². The molecule has 1 N–H and O–H groups in total. The van der Waals surface area contributed by atoms with Crippen LogP contribution in [0.15, 0.2) is 54.7 Å². The normalized spacial score (nSPS) is 15.6. The van der Waals surface area contributed by atoms with Crippen LogP contribution in [0.1, 0.15) is 5.56 Å². The van der Waals surface area contributed by atoms with E-state index in [1.54, 1.807) is 6.20 Å². The lowest BCUT2D eigenvalue weighted by atomic mass is 10.1. The van der Waals surface area contributed by atoms with Crippen LogP contribution in [0.5, 0.6) is 5.75 Å². The molecule has 128 valence electrons. The number of nitrogens with zero attached hydrogens (tertiary/aromatic N) is 3. The summed E-state index contributed by atoms with van der Waals surface area (Å²) in [5, 5.41) is 12.0. The first-order valence-corrected chi connectivity index (χ1v) is 8.87. The van der Waals surface area contributed by atoms with Crippen molar-refractivity contribution in [1.29, 1.82) is 0 Å². The largest absolute Gasteiger partial charge is 0.505 e. The van der Waals surface area contributed by atoms with Crippen LogP contribution in [-0.4, -0.2) is 41.2 Å². The number of benzene rings is 2. The van der Waals surface area contributed by atoms with E-state index in [-0.39, 0.29) is 5.75 Å². The lowest BCUT2D eigenvalue weighted by Gasteiger charge is -2.36. The Balaban J connectivity index is 1.49. The highest BCUT2D eigenvalue weighted by Crippen LogP contribution is 2.33. The molecule has 0 radical (unpaired) electrons. The molecule has 1 aromatic heterocycles. The molecule has 2 aromatic carbocycles. The SMILES string of the molecule is Oc1c(CN2CCN(c3ccccc3)CC2)cc(Cl)c2cccnc12. The summed E-state index contributed by atoms with van der Waals surface area (Å²) in [4.78, 5) is 9.03. The molecule has 25 heavy (non-hydrogen) atoms. The van der Waals surface area contributed by atoms with Gasteiger partial charge in [-0.05, 0) is 30.3 Å². The molecule has 1 fully saturated rings. The van der Waals surface area contributed by atoms with Crippen molar-refractivity contribution in [3.05, 3.63) is 65.3 Å². The van der Waals surface area contributed by atoms with Gasteiger partial charge in [-0.1, -0.05) is 29.8 Å². The fraction of sp³-hybridized carbons (Fsp3) is 0.250. The Morgan fingerprint density at radius 3 is 2.52 bits per heavy atom. The third kappa shape index (κ3) is 3.28. The Kier molecular flexibility index (Phi) is 4.47. The number of phenols is 1. The zero-order valence-corrected chi connectivity index (χ0v) is 14.7. The van der Waals surface area contributed by atoms with Crippen LogP contribution >= 0.6 is 11.6 Å². The van der Waals surface area contributed by atoms with E-state index in [1.165, 1.54) is 5.69 Å². The molecule has 1 saturated heterocycles. The lowest BCUT2D eigenvalue weighted by Crippen LogP contribution is -2.45. The van der Waals surface area contributed by atoms with Gasteiger partial charge in [-0.2, -0.15) is 0 Å². The van der Waals surface area contributed by atoms with E-state index < -0.39 is 0 Å². The standard InChI is InChI=1S/C20H20ClN3O/c21-18-13-15(20(25)19-17(18)7-4-8-22-19)14-23-9-11-24(12-10-23)16-5-2-1-3-6-16/h1-8,13,25H,9-12,14H2. The Morgan fingerprint density at radius 1 is 1.00 bits per heavy atom. The highest BCUT2D eigenvalue weighted by atomic mass is 35.5. The predicted molar refractivity (Wildman–Crippen MR) is 102 cm³/mol. The first kappa shape index (κ1) is 16.2. The van der Waals surface area contributed by atoms with Gasteiger partial charge in [0, 0.05) is 55.6 Å². The van der Waals surface area contributed by atoms with Gasteiger partial charge in [-0.25, -0.2) is 0 Å². The average Bonchev–Trinajstić information content (AvgIpc) is 2.67. The topological polar surface area (TPSA) is 39.6 Å². The van der Waals surface area contributed by atoms with E-state index >= 15 is 0 Å². The number of pyridine rings is 1. The number of hydrogen-bond donors (Lipinski definition) is 1. The van der Waals surface area contributed by atoms with Gasteiger partial charge in [-0.3, -0.25) is 9.88 Å². The molecule has 0 aliphatic carbocycles. The van der Waals surface area contributed by atoms with Gasteiger partial charge in [0.15, 0.2) is 0 Å². The van der Waals surface area contributed by atoms with Gasteiger partial charge in [0.1, 0.15) is 11.3 Å². The maximum absolute atomic E-state index is 10.6. The third-order valence-electron chi connectivity index (χ3n) is 4.78. The first-order valence-electron chi connectivity index (χ1n) is 8.50. The number of piperazine rings is 1. The van der Waals surface area contributed by atoms with Crippen molar-refractivity contribution in [2.75, 3.05) is 31.1 Å². The zero-order valence-electron chi connectivity index (χ0n) is 13.9. The van der Waals surface area contributed by atoms with Crippen LogP contribution in [0.4, 0.5) is 5.69 Å². The number of para-hydroxylation sites is 1. The average molecular weight is 354 g/mol. The second kappa shape index (κ2) is 6.90. The van der Waals surface area contributed by atoms with E-state index in [0.717, 1.165) is 37.1 Å². The summed E-state index contributed by atoms with van der Waals surface area (Å²) in [6.45, 7) is 4.54. The number of rotatable bonds is 3. The molecule has 0 unspecified atom stereocenters. The van der Waals surface area contributed by atoms with E-state index in [4.69, 9.17) is 11.6 Å². The van der Waals surface area contributed by atoms with Crippen LogP contribution in [0.2, 0.25) is 5.02 Å². The smallest absolute Gasteiger partial charge is 0.146 e. The summed E-state index contributed by atoms with van der Waals surface area (Å²) in [5.41, 5.74) is 2.68. The van der Waals surface area contributed by atoms with Gasteiger partial charge in [-0.15, -0.1) is 0 Å². The van der Waals surface area contributed by atoms with E-state index in [2.05, 4.69) is 39.0 Å². The molecule has 4 nitrogen and oxygen atoms in total. The molecule has 0 spiro atoms. The number of halogens is 1. The van der Waals surface area contributed by atoms with Crippen molar-refractivity contribution >= 4 is 28.2 Å². The molecular weight excluding hydrogens is 334 g/mol. The third-order valence-corrected chi connectivity index (χ3v) is 5.09. The quantitative estimate of drug-likeness (QED) is 0.774. The van der Waals surface area contributed by atoms with Crippen molar-refractivity contribution in [3.63, 3.8) is 0 Å². The Bertz CT molecular complexity index is 877. The first-order chi connectivity index (χ1) is 12.2. The van der Waals surface area contributed by atoms with Crippen molar-refractivity contribution in [2.24, 2.45) is 0 Å². The molecule has 0 saturated carbocycles. The molecule has 1 aliphatic heterocycles. The number of aromatic hydroxyl groups is 1. The Hall–Kier alpha value is -2.30. The second-order valence-corrected chi connectivity index (χ2v) is 6.77. The molecular formula is C20H20ClN3O. The highest BCUT2D eigenvalue weighted by Gasteiger charge is 2.19. The molecule has 4 rings (SSSR count). The number of aromatic nitrogens is 1. The lowest BCUT2D eigenvalue weighted by molar-refractivity contribution is 0.247. The van der Waals surface area contributed by atoms with Gasteiger partial charge in [0.05, 0.1) is 5.02 Å². The molecule has 0 bridgehead atoms. The van der Waals surface area contributed by atoms with Crippen LogP contribution in [0.3, 0.4) is 0 Å². The monoisotopic (exact) mass is 353 g/mol. The van der Waals surface area contributed by atoms with Crippen molar-refractivity contribution in [2.45, 2.75) is 6.54 Å². The predicted octanol–water partition coefficient (Wildman–Crippen LogP) is 3.92. The van der Waals surface area contributed by atoms with E-state index in [1.807, 2.05) is 24.3 Å². The minimum atomic E-state index is 0.241. The van der Waals surface area contributed by atoms with Crippen molar-refractivity contribution in [3.8, 4) is 5.75 Å². The van der Waals surface area contributed by atoms with Gasteiger partial charge in [0.2, 0.25) is 0 Å². The van der Waals surface area contributed by atoms with Crippen LogP contribution in [0, 0.1) is 0 Å². The molecule has 1 aliphatic rings. The maximum Gasteiger partial charge on any atom is 0.146 e. The Morgan fingerprint density at radius 2 is 1.76 bits per heavy atom. The summed E-state index contributed by atoms with van der Waals surface area (Å²) in [7, 11) is 0. The number of phenolic OH excluding ortho intramolecular Hbond substituents is 1. The zero-order chi connectivity index (χ0) is 17.2. The van der Waals surface area contributed by atoms with Crippen LogP contribution in [0.25, 0.3) is 10.9 Å². The molecule has 0 amide bonds. The van der Waals surface area contributed by atoms with Crippen LogP contribution in [-0.2, 0) is 6.54 Å². The van der Waals surface area contributed by atoms with E-state index in [0.29, 0.717) is 17.1 Å². The summed E-state index contributed by atoms with van der Waals surface area (Å²) in [5.74, 6) is 0.241. The molecule has 2 heterocycles. The molecule has 3 aromatic rings. The summed E-state index contributed by atoms with van der Waals surface area (Å²) < 4.78 is 0.